The minimum Gasteiger partial charge on any atom is -0.480 e. The van der Waals surface area contributed by atoms with E-state index >= 15 is 0 Å². The molecule has 1 saturated carbocycles. The van der Waals surface area contributed by atoms with Crippen LogP contribution in [0.15, 0.2) is 60.7 Å². The van der Waals surface area contributed by atoms with Crippen molar-refractivity contribution in [3.05, 3.63) is 77.5 Å². The van der Waals surface area contributed by atoms with Crippen molar-refractivity contribution in [3.8, 4) is 11.3 Å². The van der Waals surface area contributed by atoms with E-state index in [1.54, 1.807) is 0 Å². The summed E-state index contributed by atoms with van der Waals surface area (Å²) < 4.78 is 2.20. The number of benzene rings is 2. The van der Waals surface area contributed by atoms with Crippen LogP contribution >= 0.6 is 0 Å². The van der Waals surface area contributed by atoms with E-state index in [9.17, 15) is 9.90 Å². The first kappa shape index (κ1) is 30.0. The highest BCUT2D eigenvalue weighted by atomic mass is 16.4. The molecule has 2 saturated heterocycles. The minimum atomic E-state index is -0.623. The average Bonchev–Trinajstić information content (AvgIpc) is 3.67. The quantitative estimate of drug-likeness (QED) is 0.306. The number of carbonyl (C=O) groups is 1. The predicted octanol–water partition coefficient (Wildman–Crippen LogP) is 5.96. The van der Waals surface area contributed by atoms with Crippen molar-refractivity contribution in [2.24, 2.45) is 17.6 Å². The Bertz CT molecular complexity index is 1330. The van der Waals surface area contributed by atoms with Gasteiger partial charge in [-0.2, -0.15) is 5.10 Å². The highest BCUT2D eigenvalue weighted by Gasteiger charge is 2.43. The van der Waals surface area contributed by atoms with Gasteiger partial charge in [0.25, 0.3) is 0 Å². The molecule has 3 aromatic rings. The number of carboxylic acid groups (broad SMARTS) is 1. The van der Waals surface area contributed by atoms with Gasteiger partial charge in [0, 0.05) is 55.8 Å². The summed E-state index contributed by atoms with van der Waals surface area (Å²) in [7, 11) is 0. The number of aromatic nitrogens is 2. The molecule has 0 bridgehead atoms. The van der Waals surface area contributed by atoms with E-state index in [2.05, 4.69) is 82.1 Å². The molecule has 3 aliphatic rings. The molecular weight excluding hydrogens is 534 g/mol. The fraction of sp³-hybridized carbons (Fsp3) is 0.556. The Morgan fingerprint density at radius 2 is 1.70 bits per heavy atom. The number of nitrogens with zero attached hydrogens (tertiary/aromatic N) is 4. The summed E-state index contributed by atoms with van der Waals surface area (Å²) in [5.74, 6) is 0.979. The molecule has 2 aliphatic heterocycles. The van der Waals surface area contributed by atoms with E-state index in [4.69, 9.17) is 10.8 Å². The van der Waals surface area contributed by atoms with Crippen molar-refractivity contribution in [1.82, 2.24) is 19.6 Å². The van der Waals surface area contributed by atoms with Gasteiger partial charge >= 0.3 is 5.97 Å². The van der Waals surface area contributed by atoms with Gasteiger partial charge in [-0.15, -0.1) is 0 Å². The monoisotopic (exact) mass is 583 g/mol. The summed E-state index contributed by atoms with van der Waals surface area (Å²) in [6, 6.07) is 21.3. The van der Waals surface area contributed by atoms with Gasteiger partial charge in [0.05, 0.1) is 5.69 Å². The smallest absolute Gasteiger partial charge is 0.321 e. The van der Waals surface area contributed by atoms with Crippen LogP contribution < -0.4 is 5.73 Å². The lowest BCUT2D eigenvalue weighted by Gasteiger charge is -2.35. The Kier molecular flexibility index (Phi) is 9.61. The van der Waals surface area contributed by atoms with Crippen LogP contribution in [0.1, 0.15) is 80.5 Å². The summed E-state index contributed by atoms with van der Waals surface area (Å²) in [6.45, 7) is 8.52. The molecule has 7 nitrogen and oxygen atoms in total. The Hall–Kier alpha value is -3.00. The fourth-order valence-electron chi connectivity index (χ4n) is 8.21. The van der Waals surface area contributed by atoms with Crippen molar-refractivity contribution in [2.45, 2.75) is 82.8 Å². The first-order valence-corrected chi connectivity index (χ1v) is 16.6. The number of hydrogen-bond donors (Lipinski definition) is 2. The van der Waals surface area contributed by atoms with Crippen molar-refractivity contribution < 1.29 is 9.90 Å². The van der Waals surface area contributed by atoms with E-state index < -0.39 is 5.97 Å². The number of rotatable bonds is 10. The van der Waals surface area contributed by atoms with E-state index in [1.807, 2.05) is 0 Å². The zero-order valence-corrected chi connectivity index (χ0v) is 25.8. The second-order valence-corrected chi connectivity index (χ2v) is 13.2. The highest BCUT2D eigenvalue weighted by molar-refractivity contribution is 5.74. The number of piperidine rings is 1. The van der Waals surface area contributed by atoms with Gasteiger partial charge in [-0.05, 0) is 74.7 Å². The molecule has 43 heavy (non-hydrogen) atoms. The van der Waals surface area contributed by atoms with Crippen LogP contribution in [0.4, 0.5) is 0 Å². The van der Waals surface area contributed by atoms with Crippen LogP contribution in [-0.4, -0.2) is 69.4 Å². The molecule has 2 aromatic carbocycles. The molecule has 3 atom stereocenters. The van der Waals surface area contributed by atoms with E-state index in [-0.39, 0.29) is 12.0 Å². The third kappa shape index (κ3) is 6.74. The zero-order valence-electron chi connectivity index (χ0n) is 25.8. The van der Waals surface area contributed by atoms with Crippen molar-refractivity contribution in [3.63, 3.8) is 0 Å². The number of hydrogen-bond acceptors (Lipinski definition) is 5. The summed E-state index contributed by atoms with van der Waals surface area (Å²) >= 11 is 0. The zero-order chi connectivity index (χ0) is 29.8. The largest absolute Gasteiger partial charge is 0.480 e. The van der Waals surface area contributed by atoms with E-state index in [1.165, 1.54) is 30.5 Å². The van der Waals surface area contributed by atoms with Gasteiger partial charge in [-0.1, -0.05) is 73.9 Å². The molecule has 0 amide bonds. The predicted molar refractivity (Wildman–Crippen MR) is 172 cm³/mol. The maximum Gasteiger partial charge on any atom is 0.321 e. The van der Waals surface area contributed by atoms with Gasteiger partial charge in [0.15, 0.2) is 0 Å². The van der Waals surface area contributed by atoms with Crippen molar-refractivity contribution in [1.29, 1.82) is 0 Å². The maximum absolute atomic E-state index is 12.6. The van der Waals surface area contributed by atoms with Gasteiger partial charge in [-0.3, -0.25) is 14.4 Å². The van der Waals surface area contributed by atoms with Crippen LogP contribution in [0.3, 0.4) is 0 Å². The SMILES string of the molecule is CCn1nc(-c2ccc(CN)cc2)cc1C1CCN(CC2CN(C(C(=O)O)C3CCCCC3)CC2c2ccccc2)CC1. The Labute approximate surface area is 257 Å². The summed E-state index contributed by atoms with van der Waals surface area (Å²) in [5.41, 5.74) is 11.8. The molecule has 6 rings (SSSR count). The minimum absolute atomic E-state index is 0.282. The molecule has 0 spiro atoms. The first-order chi connectivity index (χ1) is 21.0. The normalized spacial score (nSPS) is 23.5. The molecule has 1 aromatic heterocycles. The molecular formula is C36H49N5O2. The van der Waals surface area contributed by atoms with Crippen LogP contribution in [0.2, 0.25) is 0 Å². The van der Waals surface area contributed by atoms with E-state index in [0.29, 0.717) is 24.3 Å². The van der Waals surface area contributed by atoms with Crippen LogP contribution in [0.5, 0.6) is 0 Å². The maximum atomic E-state index is 12.6. The second-order valence-electron chi connectivity index (χ2n) is 13.2. The molecule has 7 heteroatoms. The molecule has 3 N–H and O–H groups in total. The van der Waals surface area contributed by atoms with Crippen LogP contribution in [0, 0.1) is 11.8 Å². The third-order valence-corrected chi connectivity index (χ3v) is 10.5. The van der Waals surface area contributed by atoms with Gasteiger partial charge in [0.1, 0.15) is 6.04 Å². The van der Waals surface area contributed by atoms with Crippen LogP contribution in [-0.2, 0) is 17.9 Å². The Morgan fingerprint density at radius 3 is 2.35 bits per heavy atom. The third-order valence-electron chi connectivity index (χ3n) is 10.5. The topological polar surface area (TPSA) is 87.6 Å². The van der Waals surface area contributed by atoms with E-state index in [0.717, 1.165) is 81.8 Å². The van der Waals surface area contributed by atoms with Gasteiger partial charge in [0.2, 0.25) is 0 Å². The molecule has 3 unspecified atom stereocenters. The Balaban J connectivity index is 1.13. The summed E-state index contributed by atoms with van der Waals surface area (Å²) in [5, 5.41) is 15.3. The first-order valence-electron chi connectivity index (χ1n) is 16.6. The van der Waals surface area contributed by atoms with Gasteiger partial charge in [-0.25, -0.2) is 0 Å². The summed E-state index contributed by atoms with van der Waals surface area (Å²) in [4.78, 5) is 17.6. The number of aliphatic carboxylic acids is 1. The Morgan fingerprint density at radius 1 is 0.977 bits per heavy atom. The molecule has 3 heterocycles. The second kappa shape index (κ2) is 13.7. The molecule has 3 fully saturated rings. The molecule has 0 radical (unpaired) electrons. The lowest BCUT2D eigenvalue weighted by Crippen LogP contribution is -2.46. The fourth-order valence-corrected chi connectivity index (χ4v) is 8.21. The number of aryl methyl sites for hydroxylation is 1. The number of nitrogens with two attached hydrogens (primary N) is 1. The lowest BCUT2D eigenvalue weighted by atomic mass is 9.83. The standard InChI is InChI=1S/C36H49N5O2/c1-2-41-34(21-33(38-41)28-15-13-26(22-37)14-16-28)29-17-19-39(20-18-29)23-31-24-40(25-32(31)27-9-5-3-6-10-27)35(36(42)43)30-11-7-4-8-12-30/h3,5-6,9-10,13-16,21,29-32,35H,2,4,7-8,11-12,17-20,22-25,37H2,1H3,(H,42,43). The molecule has 1 aliphatic carbocycles. The van der Waals surface area contributed by atoms with Crippen LogP contribution in [0.25, 0.3) is 11.3 Å². The average molecular weight is 584 g/mol. The molecule has 230 valence electrons. The van der Waals surface area contributed by atoms with Crippen molar-refractivity contribution >= 4 is 5.97 Å². The lowest BCUT2D eigenvalue weighted by molar-refractivity contribution is -0.145. The number of carboxylic acids is 1. The van der Waals surface area contributed by atoms with Gasteiger partial charge < -0.3 is 15.7 Å². The highest BCUT2D eigenvalue weighted by Crippen LogP contribution is 2.39. The summed E-state index contributed by atoms with van der Waals surface area (Å²) in [6.07, 6.45) is 7.94. The number of likely N-dealkylation sites (tertiary alicyclic amines) is 2. The van der Waals surface area contributed by atoms with Crippen molar-refractivity contribution in [2.75, 3.05) is 32.7 Å².